The van der Waals surface area contributed by atoms with Crippen LogP contribution in [0.3, 0.4) is 0 Å². The van der Waals surface area contributed by atoms with Gasteiger partial charge in [-0.15, -0.1) is 0 Å². The molecule has 0 fully saturated rings. The third kappa shape index (κ3) is 5.04. The van der Waals surface area contributed by atoms with Crippen molar-refractivity contribution in [2.45, 2.75) is 6.42 Å². The van der Waals surface area contributed by atoms with Crippen LogP contribution in [-0.2, 0) is 9.59 Å². The number of rotatable bonds is 7. The number of phenols is 5. The first kappa shape index (κ1) is 20.4. The van der Waals surface area contributed by atoms with E-state index in [4.69, 9.17) is 4.74 Å². The standard InChI is InChI=1S/C20H18O8/c1-28-18-9-12(8-17(25)20(18)27)3-5-14(22)10-13(21)4-2-11-6-15(23)19(26)16(24)7-11/h2-9,23-27H,10H2,1H3/b4-2+,5-3+. The largest absolute Gasteiger partial charge is 0.504 e. The highest BCUT2D eigenvalue weighted by molar-refractivity contribution is 6.10. The number of hydrogen-bond acceptors (Lipinski definition) is 8. The second-order valence-corrected chi connectivity index (χ2v) is 5.77. The van der Waals surface area contributed by atoms with Gasteiger partial charge < -0.3 is 30.3 Å². The molecular weight excluding hydrogens is 368 g/mol. The van der Waals surface area contributed by atoms with Crippen molar-refractivity contribution in [2.24, 2.45) is 0 Å². The molecule has 5 N–H and O–H groups in total. The van der Waals surface area contributed by atoms with E-state index in [1.165, 1.54) is 31.4 Å². The zero-order valence-corrected chi connectivity index (χ0v) is 14.8. The van der Waals surface area contributed by atoms with E-state index >= 15 is 0 Å². The number of benzene rings is 2. The quantitative estimate of drug-likeness (QED) is 0.277. The van der Waals surface area contributed by atoms with Crippen LogP contribution >= 0.6 is 0 Å². The van der Waals surface area contributed by atoms with Crippen LogP contribution in [0.4, 0.5) is 0 Å². The van der Waals surface area contributed by atoms with Crippen molar-refractivity contribution in [1.82, 2.24) is 0 Å². The van der Waals surface area contributed by atoms with Gasteiger partial charge in [0.05, 0.1) is 13.5 Å². The van der Waals surface area contributed by atoms with Gasteiger partial charge in [0.25, 0.3) is 0 Å². The summed E-state index contributed by atoms with van der Waals surface area (Å²) in [5.74, 6) is -3.57. The number of aromatic hydroxyl groups is 5. The molecule has 0 radical (unpaired) electrons. The third-order valence-electron chi connectivity index (χ3n) is 3.66. The summed E-state index contributed by atoms with van der Waals surface area (Å²) >= 11 is 0. The SMILES string of the molecule is COc1cc(/C=C/C(=O)CC(=O)/C=C/c2cc(O)c(O)c(O)c2)cc(O)c1O. The Morgan fingerprint density at radius 2 is 1.21 bits per heavy atom. The Morgan fingerprint density at radius 3 is 1.68 bits per heavy atom. The zero-order chi connectivity index (χ0) is 20.8. The Morgan fingerprint density at radius 1 is 0.786 bits per heavy atom. The average molecular weight is 386 g/mol. The number of allylic oxidation sites excluding steroid dienone is 2. The number of methoxy groups -OCH3 is 1. The molecule has 0 saturated carbocycles. The van der Waals surface area contributed by atoms with Crippen LogP contribution in [0.25, 0.3) is 12.2 Å². The summed E-state index contributed by atoms with van der Waals surface area (Å²) in [6.45, 7) is 0. The summed E-state index contributed by atoms with van der Waals surface area (Å²) in [5.41, 5.74) is 0.648. The summed E-state index contributed by atoms with van der Waals surface area (Å²) in [4.78, 5) is 23.8. The van der Waals surface area contributed by atoms with Crippen molar-refractivity contribution in [3.63, 3.8) is 0 Å². The topological polar surface area (TPSA) is 145 Å². The molecule has 2 aromatic rings. The highest BCUT2D eigenvalue weighted by atomic mass is 16.5. The van der Waals surface area contributed by atoms with E-state index in [0.29, 0.717) is 5.56 Å². The molecule has 0 heterocycles. The minimum atomic E-state index is -0.666. The molecule has 0 bridgehead atoms. The Balaban J connectivity index is 2.02. The van der Waals surface area contributed by atoms with Gasteiger partial charge in [-0.2, -0.15) is 0 Å². The Bertz CT molecular complexity index is 949. The second-order valence-electron chi connectivity index (χ2n) is 5.77. The fourth-order valence-electron chi connectivity index (χ4n) is 2.26. The second kappa shape index (κ2) is 8.63. The molecule has 0 aliphatic heterocycles. The minimum absolute atomic E-state index is 0.0338. The number of carbonyl (C=O) groups excluding carboxylic acids is 2. The number of ether oxygens (including phenoxy) is 1. The van der Waals surface area contributed by atoms with E-state index in [-0.39, 0.29) is 11.3 Å². The van der Waals surface area contributed by atoms with Crippen LogP contribution < -0.4 is 4.74 Å². The van der Waals surface area contributed by atoms with E-state index in [1.54, 1.807) is 0 Å². The van der Waals surface area contributed by atoms with Gasteiger partial charge in [0, 0.05) is 0 Å². The molecule has 0 spiro atoms. The van der Waals surface area contributed by atoms with E-state index < -0.39 is 46.7 Å². The maximum absolute atomic E-state index is 11.9. The van der Waals surface area contributed by atoms with Crippen molar-refractivity contribution in [1.29, 1.82) is 0 Å². The molecule has 0 aliphatic carbocycles. The van der Waals surface area contributed by atoms with Gasteiger partial charge in [0.1, 0.15) is 0 Å². The summed E-state index contributed by atoms with van der Waals surface area (Å²) in [7, 11) is 1.31. The molecule has 28 heavy (non-hydrogen) atoms. The Kier molecular flexibility index (Phi) is 6.28. The normalized spacial score (nSPS) is 11.2. The molecule has 0 aromatic heterocycles. The molecular formula is C20H18O8. The maximum Gasteiger partial charge on any atom is 0.200 e. The fraction of sp³-hybridized carbons (Fsp3) is 0.100. The first-order valence-electron chi connectivity index (χ1n) is 7.98. The third-order valence-corrected chi connectivity index (χ3v) is 3.66. The average Bonchev–Trinajstić information content (AvgIpc) is 2.65. The first-order valence-corrected chi connectivity index (χ1v) is 7.98. The molecule has 2 rings (SSSR count). The van der Waals surface area contributed by atoms with Crippen LogP contribution in [0.1, 0.15) is 17.5 Å². The van der Waals surface area contributed by atoms with Crippen LogP contribution in [0.2, 0.25) is 0 Å². The highest BCUT2D eigenvalue weighted by Crippen LogP contribution is 2.37. The lowest BCUT2D eigenvalue weighted by Crippen LogP contribution is -2.01. The van der Waals surface area contributed by atoms with Crippen molar-refractivity contribution < 1.29 is 39.9 Å². The summed E-state index contributed by atoms with van der Waals surface area (Å²) in [6, 6.07) is 4.92. The van der Waals surface area contributed by atoms with Gasteiger partial charge in [-0.05, 0) is 47.5 Å². The number of carbonyl (C=O) groups is 2. The highest BCUT2D eigenvalue weighted by Gasteiger charge is 2.10. The van der Waals surface area contributed by atoms with Crippen LogP contribution in [0.5, 0.6) is 34.5 Å². The maximum atomic E-state index is 11.9. The molecule has 0 aliphatic rings. The monoisotopic (exact) mass is 386 g/mol. The summed E-state index contributed by atoms with van der Waals surface area (Å²) in [5, 5.41) is 47.2. The number of ketones is 2. The molecule has 146 valence electrons. The van der Waals surface area contributed by atoms with Crippen molar-refractivity contribution in [3.05, 3.63) is 47.5 Å². The molecule has 0 atom stereocenters. The fourth-order valence-corrected chi connectivity index (χ4v) is 2.26. The van der Waals surface area contributed by atoms with Crippen LogP contribution in [0.15, 0.2) is 36.4 Å². The predicted octanol–water partition coefficient (Wildman–Crippen LogP) is 2.48. The van der Waals surface area contributed by atoms with Gasteiger partial charge in [0.2, 0.25) is 5.75 Å². The van der Waals surface area contributed by atoms with Gasteiger partial charge in [-0.1, -0.05) is 12.2 Å². The van der Waals surface area contributed by atoms with Crippen molar-refractivity contribution in [3.8, 4) is 34.5 Å². The van der Waals surface area contributed by atoms with E-state index in [0.717, 1.165) is 24.3 Å². The zero-order valence-electron chi connectivity index (χ0n) is 14.8. The lowest BCUT2D eigenvalue weighted by molar-refractivity contribution is -0.121. The molecule has 0 saturated heterocycles. The van der Waals surface area contributed by atoms with Gasteiger partial charge in [-0.25, -0.2) is 0 Å². The number of hydrogen-bond donors (Lipinski definition) is 5. The molecule has 2 aromatic carbocycles. The summed E-state index contributed by atoms with van der Waals surface area (Å²) < 4.78 is 4.89. The Hall–Kier alpha value is -3.94. The van der Waals surface area contributed by atoms with E-state index in [2.05, 4.69) is 0 Å². The number of phenolic OH excluding ortho intramolecular Hbond substituents is 5. The minimum Gasteiger partial charge on any atom is -0.504 e. The molecule has 0 amide bonds. The van der Waals surface area contributed by atoms with E-state index in [1.807, 2.05) is 0 Å². The first-order chi connectivity index (χ1) is 13.2. The van der Waals surface area contributed by atoms with Crippen molar-refractivity contribution >= 4 is 23.7 Å². The van der Waals surface area contributed by atoms with Crippen LogP contribution in [0, 0.1) is 0 Å². The Labute approximate surface area is 159 Å². The van der Waals surface area contributed by atoms with Gasteiger partial charge in [0.15, 0.2) is 40.3 Å². The lowest BCUT2D eigenvalue weighted by Gasteiger charge is -2.06. The lowest BCUT2D eigenvalue weighted by atomic mass is 10.1. The molecule has 8 heteroatoms. The smallest absolute Gasteiger partial charge is 0.200 e. The van der Waals surface area contributed by atoms with E-state index in [9.17, 15) is 35.1 Å². The van der Waals surface area contributed by atoms with Gasteiger partial charge in [-0.3, -0.25) is 9.59 Å². The molecule has 0 unspecified atom stereocenters. The summed E-state index contributed by atoms with van der Waals surface area (Å²) in [6.07, 6.45) is 4.46. The van der Waals surface area contributed by atoms with Crippen molar-refractivity contribution in [2.75, 3.05) is 7.11 Å². The predicted molar refractivity (Wildman–Crippen MR) is 100 cm³/mol. The molecule has 8 nitrogen and oxygen atoms in total. The van der Waals surface area contributed by atoms with Crippen LogP contribution in [-0.4, -0.2) is 44.2 Å². The van der Waals surface area contributed by atoms with Gasteiger partial charge >= 0.3 is 0 Å².